The average molecular weight is 218 g/mol. The summed E-state index contributed by atoms with van der Waals surface area (Å²) in [6.07, 6.45) is 8.38. The van der Waals surface area contributed by atoms with Gasteiger partial charge in [-0.15, -0.1) is 0 Å². The molecular formula is C13H18N2O. The van der Waals surface area contributed by atoms with Crippen molar-refractivity contribution in [1.29, 1.82) is 0 Å². The van der Waals surface area contributed by atoms with E-state index in [1.54, 1.807) is 31.4 Å². The minimum Gasteiger partial charge on any atom is -0.480 e. The molecule has 0 radical (unpaired) electrons. The van der Waals surface area contributed by atoms with Gasteiger partial charge >= 0.3 is 0 Å². The highest BCUT2D eigenvalue weighted by Gasteiger charge is 1.96. The third-order valence-electron chi connectivity index (χ3n) is 1.63. The number of allylic oxidation sites excluding steroid dienone is 2. The van der Waals surface area contributed by atoms with Gasteiger partial charge < -0.3 is 4.74 Å². The normalized spacial score (nSPS) is 11.4. The Morgan fingerprint density at radius 3 is 2.25 bits per heavy atom. The maximum absolute atomic E-state index is 5.10. The molecule has 1 aromatic heterocycles. The van der Waals surface area contributed by atoms with E-state index in [1.807, 2.05) is 13.8 Å². The molecule has 0 unspecified atom stereocenters. The molecule has 0 atom stereocenters. The molecule has 3 nitrogen and oxygen atoms in total. The van der Waals surface area contributed by atoms with Gasteiger partial charge in [-0.3, -0.25) is 0 Å². The predicted molar refractivity (Wildman–Crippen MR) is 68.5 cm³/mol. The zero-order chi connectivity index (χ0) is 12.4. The fourth-order valence-electron chi connectivity index (χ4n) is 1.07. The Balaban J connectivity index is 0.00000106. The standard InChI is InChI=1S/C11H12N2O.C2H6/c1-4-6-9-10(7-5-2)12-8-13-11(9)14-3;1-2/h4-8H,1-2H2,3H3;1-2H3/b9-6+,10-7+;. The predicted octanol–water partition coefficient (Wildman–Crippen LogP) is 1.44. The fourth-order valence-corrected chi connectivity index (χ4v) is 1.07. The van der Waals surface area contributed by atoms with Gasteiger partial charge in [0, 0.05) is 0 Å². The van der Waals surface area contributed by atoms with E-state index in [0.29, 0.717) is 5.88 Å². The summed E-state index contributed by atoms with van der Waals surface area (Å²) in [6, 6.07) is 0. The van der Waals surface area contributed by atoms with Gasteiger partial charge in [-0.2, -0.15) is 0 Å². The lowest BCUT2D eigenvalue weighted by molar-refractivity contribution is 0.392. The molecule has 3 heteroatoms. The molecular weight excluding hydrogens is 200 g/mol. The zero-order valence-electron chi connectivity index (χ0n) is 10.1. The summed E-state index contributed by atoms with van der Waals surface area (Å²) in [7, 11) is 1.57. The molecule has 16 heavy (non-hydrogen) atoms. The Labute approximate surface area is 96.5 Å². The summed E-state index contributed by atoms with van der Waals surface area (Å²) in [6.45, 7) is 11.2. The summed E-state index contributed by atoms with van der Waals surface area (Å²) in [5.41, 5.74) is 0. The summed E-state index contributed by atoms with van der Waals surface area (Å²) < 4.78 is 5.10. The molecule has 0 aliphatic carbocycles. The van der Waals surface area contributed by atoms with Crippen molar-refractivity contribution in [1.82, 2.24) is 9.97 Å². The van der Waals surface area contributed by atoms with Crippen molar-refractivity contribution in [3.8, 4) is 5.88 Å². The molecule has 0 saturated carbocycles. The molecule has 0 amide bonds. The Hall–Kier alpha value is -1.90. The fraction of sp³-hybridized carbons (Fsp3) is 0.231. The number of aromatic nitrogens is 2. The van der Waals surface area contributed by atoms with Gasteiger partial charge in [-0.25, -0.2) is 9.97 Å². The monoisotopic (exact) mass is 218 g/mol. The zero-order valence-corrected chi connectivity index (χ0v) is 10.1. The lowest BCUT2D eigenvalue weighted by atomic mass is 10.3. The van der Waals surface area contributed by atoms with Gasteiger partial charge in [0.1, 0.15) is 6.33 Å². The Kier molecular flexibility index (Phi) is 7.41. The van der Waals surface area contributed by atoms with Crippen molar-refractivity contribution in [2.75, 3.05) is 7.11 Å². The van der Waals surface area contributed by atoms with Crippen LogP contribution >= 0.6 is 0 Å². The lowest BCUT2D eigenvalue weighted by Crippen LogP contribution is -2.30. The van der Waals surface area contributed by atoms with Gasteiger partial charge in [-0.05, 0) is 12.2 Å². The number of rotatable bonds is 3. The first kappa shape index (κ1) is 14.1. The van der Waals surface area contributed by atoms with Gasteiger partial charge in [0.05, 0.1) is 17.7 Å². The molecule has 0 N–H and O–H groups in total. The average Bonchev–Trinajstić information content (AvgIpc) is 2.34. The maximum atomic E-state index is 5.10. The van der Waals surface area contributed by atoms with Crippen LogP contribution in [-0.4, -0.2) is 17.1 Å². The maximum Gasteiger partial charge on any atom is 0.224 e. The molecule has 0 aromatic carbocycles. The van der Waals surface area contributed by atoms with E-state index in [2.05, 4.69) is 23.1 Å². The highest BCUT2D eigenvalue weighted by Crippen LogP contribution is 1.89. The van der Waals surface area contributed by atoms with E-state index in [9.17, 15) is 0 Å². The smallest absolute Gasteiger partial charge is 0.224 e. The van der Waals surface area contributed by atoms with Crippen LogP contribution in [0, 0.1) is 0 Å². The minimum absolute atomic E-state index is 0.535. The summed E-state index contributed by atoms with van der Waals surface area (Å²) >= 11 is 0. The van der Waals surface area contributed by atoms with E-state index >= 15 is 0 Å². The number of hydrogen-bond acceptors (Lipinski definition) is 3. The van der Waals surface area contributed by atoms with Crippen LogP contribution in [0.4, 0.5) is 0 Å². The molecule has 1 rings (SSSR count). The van der Waals surface area contributed by atoms with Gasteiger partial charge in [0.2, 0.25) is 5.88 Å². The molecule has 0 saturated heterocycles. The van der Waals surface area contributed by atoms with E-state index in [-0.39, 0.29) is 0 Å². The Morgan fingerprint density at radius 1 is 1.12 bits per heavy atom. The molecule has 86 valence electrons. The van der Waals surface area contributed by atoms with Crippen LogP contribution < -0.4 is 15.3 Å². The quantitative estimate of drug-likeness (QED) is 0.770. The third-order valence-corrected chi connectivity index (χ3v) is 1.63. The summed E-state index contributed by atoms with van der Waals surface area (Å²) in [5.74, 6) is 0.535. The highest BCUT2D eigenvalue weighted by atomic mass is 16.5. The van der Waals surface area contributed by atoms with Crippen molar-refractivity contribution in [3.63, 3.8) is 0 Å². The molecule has 0 aliphatic heterocycles. The van der Waals surface area contributed by atoms with Crippen molar-refractivity contribution in [2.24, 2.45) is 0 Å². The van der Waals surface area contributed by atoms with E-state index in [4.69, 9.17) is 4.74 Å². The van der Waals surface area contributed by atoms with Crippen LogP contribution in [0.1, 0.15) is 13.8 Å². The molecule has 0 bridgehead atoms. The Morgan fingerprint density at radius 2 is 1.75 bits per heavy atom. The Bertz CT molecular complexity index is 449. The molecule has 1 heterocycles. The number of nitrogens with zero attached hydrogens (tertiary/aromatic N) is 2. The molecule has 0 aliphatic rings. The summed E-state index contributed by atoms with van der Waals surface area (Å²) in [5, 5.41) is 1.58. The lowest BCUT2D eigenvalue weighted by Gasteiger charge is -1.98. The summed E-state index contributed by atoms with van der Waals surface area (Å²) in [4.78, 5) is 8.09. The second-order valence-corrected chi connectivity index (χ2v) is 2.49. The van der Waals surface area contributed by atoms with Crippen molar-refractivity contribution < 1.29 is 4.74 Å². The first-order chi connectivity index (χ1) is 7.83. The van der Waals surface area contributed by atoms with E-state index < -0.39 is 0 Å². The van der Waals surface area contributed by atoms with Crippen LogP contribution in [-0.2, 0) is 0 Å². The van der Waals surface area contributed by atoms with E-state index in [1.165, 1.54) is 6.33 Å². The van der Waals surface area contributed by atoms with E-state index in [0.717, 1.165) is 10.6 Å². The van der Waals surface area contributed by atoms with Crippen molar-refractivity contribution in [2.45, 2.75) is 13.8 Å². The van der Waals surface area contributed by atoms with Crippen LogP contribution in [0.2, 0.25) is 0 Å². The molecule has 1 aromatic rings. The molecule has 0 fully saturated rings. The highest BCUT2D eigenvalue weighted by molar-refractivity contribution is 5.42. The number of hydrogen-bond donors (Lipinski definition) is 0. The number of methoxy groups -OCH3 is 1. The van der Waals surface area contributed by atoms with Crippen LogP contribution in [0.25, 0.3) is 12.2 Å². The SMILES string of the molecule is C=C/C=c1/ncnc(OC)/c1=C/C=C.CC. The van der Waals surface area contributed by atoms with Crippen LogP contribution in [0.15, 0.2) is 31.6 Å². The second kappa shape index (κ2) is 8.41. The van der Waals surface area contributed by atoms with Crippen LogP contribution in [0.5, 0.6) is 5.88 Å². The molecule has 0 spiro atoms. The first-order valence-corrected chi connectivity index (χ1v) is 5.14. The van der Waals surface area contributed by atoms with Crippen molar-refractivity contribution >= 4 is 12.2 Å². The largest absolute Gasteiger partial charge is 0.480 e. The van der Waals surface area contributed by atoms with Crippen LogP contribution in [0.3, 0.4) is 0 Å². The van der Waals surface area contributed by atoms with Crippen molar-refractivity contribution in [3.05, 3.63) is 42.2 Å². The topological polar surface area (TPSA) is 35.0 Å². The first-order valence-electron chi connectivity index (χ1n) is 5.14. The third kappa shape index (κ3) is 3.69. The number of ether oxygens (including phenoxy) is 1. The second-order valence-electron chi connectivity index (χ2n) is 2.49. The minimum atomic E-state index is 0.535. The van der Waals surface area contributed by atoms with Gasteiger partial charge in [0.15, 0.2) is 0 Å². The van der Waals surface area contributed by atoms with Gasteiger partial charge in [0.25, 0.3) is 0 Å². The van der Waals surface area contributed by atoms with Gasteiger partial charge in [-0.1, -0.05) is 39.2 Å².